The molecule has 0 spiro atoms. The topological polar surface area (TPSA) is 63.4 Å². The Morgan fingerprint density at radius 3 is 1.61 bits per heavy atom. The largest absolute Gasteiger partial charge is 0.460 e. The van der Waals surface area contributed by atoms with Gasteiger partial charge in [-0.25, -0.2) is 0 Å². The Morgan fingerprint density at radius 2 is 1.19 bits per heavy atom. The first kappa shape index (κ1) is 26.7. The Labute approximate surface area is 162 Å². The van der Waals surface area contributed by atoms with Crippen LogP contribution in [-0.4, -0.2) is 45.8 Å². The molecule has 0 radical (unpaired) electrons. The van der Waals surface area contributed by atoms with Crippen molar-refractivity contribution in [2.24, 2.45) is 0 Å². The minimum absolute atomic E-state index is 0.488. The maximum absolute atomic E-state index is 13.8. The molecule has 0 bridgehead atoms. The van der Waals surface area contributed by atoms with Crippen molar-refractivity contribution in [3.05, 3.63) is 39.9 Å². The van der Waals surface area contributed by atoms with Crippen LogP contribution in [0.1, 0.15) is 18.1 Å². The molecule has 31 heavy (non-hydrogen) atoms. The minimum Gasteiger partial charge on any atom is -0.388 e. The number of hydrogen-bond acceptors (Lipinski definition) is 3. The van der Waals surface area contributed by atoms with Gasteiger partial charge in [-0.1, -0.05) is 12.1 Å². The number of halogens is 13. The lowest BCUT2D eigenvalue weighted by molar-refractivity contribution is -0.441. The molecule has 178 valence electrons. The molecular formula is C14H8F13NO3. The van der Waals surface area contributed by atoms with Gasteiger partial charge in [0.25, 0.3) is 5.69 Å². The summed E-state index contributed by atoms with van der Waals surface area (Å²) in [6.45, 7) is 0. The van der Waals surface area contributed by atoms with Gasteiger partial charge in [0.2, 0.25) is 0 Å². The van der Waals surface area contributed by atoms with Gasteiger partial charge in [0, 0.05) is 12.5 Å². The number of rotatable bonds is 8. The fourth-order valence-electron chi connectivity index (χ4n) is 2.22. The summed E-state index contributed by atoms with van der Waals surface area (Å²) in [6.07, 6.45) is -13.6. The summed E-state index contributed by atoms with van der Waals surface area (Å²) in [5, 5.41) is 20.3. The van der Waals surface area contributed by atoms with E-state index in [0.29, 0.717) is 12.1 Å². The molecule has 1 unspecified atom stereocenters. The second kappa shape index (κ2) is 7.67. The van der Waals surface area contributed by atoms with Crippen molar-refractivity contribution >= 4 is 5.69 Å². The number of para-hydroxylation sites is 1. The van der Waals surface area contributed by atoms with Crippen molar-refractivity contribution in [1.82, 2.24) is 0 Å². The SMILES string of the molecule is O=[N+]([O-])c1ccccc1C(O)CC(F)(F)C(F)(F)C(F)(F)C(F)(F)C(F)(F)C(F)(F)F. The maximum Gasteiger partial charge on any atom is 0.460 e. The first-order valence-corrected chi connectivity index (χ1v) is 7.43. The number of nitro groups is 1. The zero-order valence-electron chi connectivity index (χ0n) is 14.2. The summed E-state index contributed by atoms with van der Waals surface area (Å²) in [5.74, 6) is -38.0. The highest BCUT2D eigenvalue weighted by Crippen LogP contribution is 2.61. The van der Waals surface area contributed by atoms with Gasteiger partial charge in [-0.3, -0.25) is 10.1 Å². The number of benzene rings is 1. The number of hydrogen-bond donors (Lipinski definition) is 1. The van der Waals surface area contributed by atoms with E-state index in [-0.39, 0.29) is 0 Å². The number of aliphatic hydroxyl groups is 1. The van der Waals surface area contributed by atoms with Crippen molar-refractivity contribution in [3.8, 4) is 0 Å². The number of alkyl halides is 13. The predicted octanol–water partition coefficient (Wildman–Crippen LogP) is 5.76. The number of nitrogens with zero attached hydrogens (tertiary/aromatic N) is 1. The fraction of sp³-hybridized carbons (Fsp3) is 0.571. The molecule has 0 aliphatic rings. The second-order valence-electron chi connectivity index (χ2n) is 6.04. The third-order valence-electron chi connectivity index (χ3n) is 3.94. The Kier molecular flexibility index (Phi) is 6.60. The molecule has 4 nitrogen and oxygen atoms in total. The van der Waals surface area contributed by atoms with Crippen LogP contribution < -0.4 is 0 Å². The molecule has 1 N–H and O–H groups in total. The third-order valence-corrected chi connectivity index (χ3v) is 3.94. The molecule has 0 saturated carbocycles. The van der Waals surface area contributed by atoms with E-state index in [9.17, 15) is 72.3 Å². The van der Waals surface area contributed by atoms with Crippen LogP contribution in [0.5, 0.6) is 0 Å². The summed E-state index contributed by atoms with van der Waals surface area (Å²) in [6, 6.07) is 2.76. The standard InChI is InChI=1S/C14H8F13NO3/c15-9(16,5-8(29)6-3-1-2-4-7(6)28(30)31)10(17,18)11(19,20)12(21,22)13(23,24)14(25,26)27/h1-4,8,29H,5H2. The quantitative estimate of drug-likeness (QED) is 0.290. The molecule has 1 rings (SSSR count). The summed E-state index contributed by atoms with van der Waals surface area (Å²) in [7, 11) is 0. The van der Waals surface area contributed by atoms with E-state index < -0.39 is 64.5 Å². The van der Waals surface area contributed by atoms with E-state index in [0.717, 1.165) is 12.1 Å². The predicted molar refractivity (Wildman–Crippen MR) is 73.5 cm³/mol. The van der Waals surface area contributed by atoms with Gasteiger partial charge in [-0.05, 0) is 6.07 Å². The van der Waals surface area contributed by atoms with Crippen LogP contribution in [-0.2, 0) is 0 Å². The van der Waals surface area contributed by atoms with Crippen LogP contribution in [0.15, 0.2) is 24.3 Å². The molecule has 1 aromatic rings. The van der Waals surface area contributed by atoms with Crippen LogP contribution in [0.3, 0.4) is 0 Å². The second-order valence-corrected chi connectivity index (χ2v) is 6.04. The highest BCUT2D eigenvalue weighted by atomic mass is 19.4. The molecule has 0 amide bonds. The van der Waals surface area contributed by atoms with E-state index >= 15 is 0 Å². The monoisotopic (exact) mass is 485 g/mol. The zero-order valence-corrected chi connectivity index (χ0v) is 14.2. The Balaban J connectivity index is 3.42. The summed E-state index contributed by atoms with van der Waals surface area (Å²) in [4.78, 5) is 9.40. The Morgan fingerprint density at radius 1 is 0.774 bits per heavy atom. The van der Waals surface area contributed by atoms with Gasteiger partial charge in [-0.15, -0.1) is 0 Å². The summed E-state index contributed by atoms with van der Waals surface area (Å²) in [5.41, 5.74) is -2.38. The highest BCUT2D eigenvalue weighted by Gasteiger charge is 2.90. The van der Waals surface area contributed by atoms with Crippen LogP contribution in [0.25, 0.3) is 0 Å². The Bertz CT molecular complexity index is 822. The maximum atomic E-state index is 13.8. The first-order valence-electron chi connectivity index (χ1n) is 7.43. The van der Waals surface area contributed by atoms with E-state index in [4.69, 9.17) is 0 Å². The molecule has 1 atom stereocenters. The molecule has 0 aliphatic heterocycles. The van der Waals surface area contributed by atoms with Crippen molar-refractivity contribution in [2.45, 2.75) is 48.3 Å². The minimum atomic E-state index is -8.06. The Hall–Kier alpha value is -2.33. The van der Waals surface area contributed by atoms with E-state index in [1.807, 2.05) is 0 Å². The summed E-state index contributed by atoms with van der Waals surface area (Å²) >= 11 is 0. The molecule has 0 heterocycles. The zero-order chi connectivity index (χ0) is 24.8. The molecule has 0 aliphatic carbocycles. The fourth-order valence-corrected chi connectivity index (χ4v) is 2.22. The molecular weight excluding hydrogens is 477 g/mol. The van der Waals surface area contributed by atoms with E-state index in [1.54, 1.807) is 0 Å². The number of aliphatic hydroxyl groups excluding tert-OH is 1. The van der Waals surface area contributed by atoms with Gasteiger partial charge >= 0.3 is 35.8 Å². The van der Waals surface area contributed by atoms with Crippen LogP contribution in [0, 0.1) is 10.1 Å². The van der Waals surface area contributed by atoms with E-state index in [2.05, 4.69) is 0 Å². The van der Waals surface area contributed by atoms with Gasteiger partial charge in [-0.2, -0.15) is 57.1 Å². The highest BCUT2D eigenvalue weighted by molar-refractivity contribution is 5.41. The lowest BCUT2D eigenvalue weighted by atomic mass is 9.90. The average Bonchev–Trinajstić information content (AvgIpc) is 2.59. The van der Waals surface area contributed by atoms with Crippen molar-refractivity contribution < 1.29 is 67.1 Å². The molecule has 0 aromatic heterocycles. The van der Waals surface area contributed by atoms with Gasteiger partial charge in [0.1, 0.15) is 0 Å². The van der Waals surface area contributed by atoms with Crippen LogP contribution in [0.4, 0.5) is 62.8 Å². The molecule has 17 heteroatoms. The number of nitro benzene ring substituents is 1. The van der Waals surface area contributed by atoms with Gasteiger partial charge < -0.3 is 5.11 Å². The van der Waals surface area contributed by atoms with Crippen molar-refractivity contribution in [3.63, 3.8) is 0 Å². The lowest BCUT2D eigenvalue weighted by Crippen LogP contribution is -2.70. The molecule has 0 saturated heterocycles. The smallest absolute Gasteiger partial charge is 0.388 e. The van der Waals surface area contributed by atoms with E-state index in [1.165, 1.54) is 0 Å². The average molecular weight is 485 g/mol. The van der Waals surface area contributed by atoms with Gasteiger partial charge in [0.05, 0.1) is 16.6 Å². The lowest BCUT2D eigenvalue weighted by Gasteiger charge is -2.40. The molecule has 1 aromatic carbocycles. The molecule has 0 fully saturated rings. The normalized spacial score (nSPS) is 15.7. The summed E-state index contributed by atoms with van der Waals surface area (Å²) < 4.78 is 169. The van der Waals surface area contributed by atoms with Crippen LogP contribution in [0.2, 0.25) is 0 Å². The van der Waals surface area contributed by atoms with Gasteiger partial charge in [0.15, 0.2) is 0 Å². The van der Waals surface area contributed by atoms with Crippen molar-refractivity contribution in [2.75, 3.05) is 0 Å². The van der Waals surface area contributed by atoms with Crippen molar-refractivity contribution in [1.29, 1.82) is 0 Å². The third kappa shape index (κ3) is 4.10. The first-order chi connectivity index (χ1) is 13.6. The van der Waals surface area contributed by atoms with Crippen LogP contribution >= 0.6 is 0 Å².